The number of nitrogens with zero attached hydrogens (tertiary/aromatic N) is 1. The molecule has 0 radical (unpaired) electrons. The molecule has 0 aliphatic heterocycles. The van der Waals surface area contributed by atoms with Crippen LogP contribution in [0.1, 0.15) is 11.1 Å². The van der Waals surface area contributed by atoms with Gasteiger partial charge in [-0.2, -0.15) is 0 Å². The fourth-order valence-corrected chi connectivity index (χ4v) is 3.51. The summed E-state index contributed by atoms with van der Waals surface area (Å²) >= 11 is 0. The van der Waals surface area contributed by atoms with E-state index in [1.54, 1.807) is 24.3 Å². The molecule has 5 nitrogen and oxygen atoms in total. The number of hydrogen-bond donors (Lipinski definition) is 0. The van der Waals surface area contributed by atoms with Gasteiger partial charge in [-0.15, -0.1) is 0 Å². The van der Waals surface area contributed by atoms with Crippen LogP contribution in [0.2, 0.25) is 0 Å². The van der Waals surface area contributed by atoms with E-state index in [2.05, 4.69) is 0 Å². The van der Waals surface area contributed by atoms with Crippen molar-refractivity contribution in [3.8, 4) is 0 Å². The van der Waals surface area contributed by atoms with Crippen LogP contribution >= 0.6 is 0 Å². The van der Waals surface area contributed by atoms with Crippen molar-refractivity contribution in [2.75, 3.05) is 19.4 Å². The van der Waals surface area contributed by atoms with E-state index in [1.807, 2.05) is 37.3 Å². The van der Waals surface area contributed by atoms with Gasteiger partial charge in [0.1, 0.15) is 0 Å². The van der Waals surface area contributed by atoms with E-state index in [1.165, 1.54) is 12.0 Å². The maximum Gasteiger partial charge on any atom is 0.409 e. The molecule has 128 valence electrons. The van der Waals surface area contributed by atoms with E-state index in [0.29, 0.717) is 6.54 Å². The molecule has 0 aliphatic carbocycles. The Morgan fingerprint density at radius 2 is 1.67 bits per heavy atom. The van der Waals surface area contributed by atoms with Crippen LogP contribution in [0.15, 0.2) is 59.5 Å². The lowest BCUT2D eigenvalue weighted by molar-refractivity contribution is 0.123. The molecule has 0 spiro atoms. The zero-order valence-corrected chi connectivity index (χ0v) is 14.6. The summed E-state index contributed by atoms with van der Waals surface area (Å²) < 4.78 is 29.6. The summed E-state index contributed by atoms with van der Waals surface area (Å²) in [7, 11) is -2.17. The van der Waals surface area contributed by atoms with Crippen molar-refractivity contribution in [2.24, 2.45) is 0 Å². The second-order valence-corrected chi connectivity index (χ2v) is 7.62. The van der Waals surface area contributed by atoms with Crippen LogP contribution in [-0.4, -0.2) is 38.8 Å². The summed E-state index contributed by atoms with van der Waals surface area (Å²) in [5.74, 6) is -0.155. The fourth-order valence-electron chi connectivity index (χ4n) is 2.26. The number of sulfone groups is 1. The van der Waals surface area contributed by atoms with Crippen molar-refractivity contribution >= 4 is 15.9 Å². The molecular formula is C18H21NO4S. The molecule has 0 aliphatic rings. The molecule has 0 N–H and O–H groups in total. The van der Waals surface area contributed by atoms with Gasteiger partial charge in [-0.25, -0.2) is 13.2 Å². The van der Waals surface area contributed by atoms with Crippen molar-refractivity contribution in [1.29, 1.82) is 0 Å². The Labute approximate surface area is 142 Å². The first-order chi connectivity index (χ1) is 11.4. The van der Waals surface area contributed by atoms with E-state index in [9.17, 15) is 13.2 Å². The van der Waals surface area contributed by atoms with Crippen LogP contribution in [-0.2, 0) is 21.1 Å². The number of benzene rings is 2. The first kappa shape index (κ1) is 18.0. The lowest BCUT2D eigenvalue weighted by Gasteiger charge is -2.21. The van der Waals surface area contributed by atoms with Gasteiger partial charge in [0.25, 0.3) is 0 Å². The second kappa shape index (κ2) is 7.97. The van der Waals surface area contributed by atoms with Gasteiger partial charge < -0.3 is 9.64 Å². The van der Waals surface area contributed by atoms with Gasteiger partial charge in [0.2, 0.25) is 0 Å². The van der Waals surface area contributed by atoms with Crippen molar-refractivity contribution < 1.29 is 17.9 Å². The largest absolute Gasteiger partial charge is 0.453 e. The number of carbonyl (C=O) groups excluding carboxylic acids is 1. The smallest absolute Gasteiger partial charge is 0.409 e. The maximum absolute atomic E-state index is 12.4. The Morgan fingerprint density at radius 1 is 1.04 bits per heavy atom. The zero-order chi connectivity index (χ0) is 17.6. The summed E-state index contributed by atoms with van der Waals surface area (Å²) in [6.45, 7) is 2.27. The van der Waals surface area contributed by atoms with E-state index in [0.717, 1.165) is 11.1 Å². The van der Waals surface area contributed by atoms with E-state index in [4.69, 9.17) is 4.74 Å². The number of amides is 1. The highest BCUT2D eigenvalue weighted by Gasteiger charge is 2.20. The van der Waals surface area contributed by atoms with Crippen LogP contribution in [0.5, 0.6) is 0 Å². The molecule has 1 amide bonds. The molecule has 0 saturated heterocycles. The number of aryl methyl sites for hydroxylation is 1. The third kappa shape index (κ3) is 4.83. The van der Waals surface area contributed by atoms with E-state index >= 15 is 0 Å². The Balaban J connectivity index is 2.09. The van der Waals surface area contributed by atoms with Crippen molar-refractivity contribution in [1.82, 2.24) is 4.90 Å². The predicted molar refractivity (Wildman–Crippen MR) is 92.5 cm³/mol. The first-order valence-corrected chi connectivity index (χ1v) is 9.24. The van der Waals surface area contributed by atoms with Crippen LogP contribution in [0.25, 0.3) is 0 Å². The standard InChI is InChI=1S/C18H21NO4S/c1-15-8-10-17(11-9-15)24(21,22)13-12-19(18(20)23-2)14-16-6-4-3-5-7-16/h3-11H,12-14H2,1-2H3. The first-order valence-electron chi connectivity index (χ1n) is 7.58. The third-order valence-electron chi connectivity index (χ3n) is 3.66. The Bertz CT molecular complexity index is 770. The summed E-state index contributed by atoms with van der Waals surface area (Å²) in [5, 5.41) is 0. The molecule has 0 saturated carbocycles. The van der Waals surface area contributed by atoms with Gasteiger partial charge in [0.05, 0.1) is 17.8 Å². The third-order valence-corrected chi connectivity index (χ3v) is 5.37. The second-order valence-electron chi connectivity index (χ2n) is 5.51. The van der Waals surface area contributed by atoms with Crippen LogP contribution in [0.4, 0.5) is 4.79 Å². The number of hydrogen-bond acceptors (Lipinski definition) is 4. The van der Waals surface area contributed by atoms with E-state index in [-0.39, 0.29) is 17.2 Å². The van der Waals surface area contributed by atoms with Gasteiger partial charge >= 0.3 is 6.09 Å². The Kier molecular flexibility index (Phi) is 5.98. The van der Waals surface area contributed by atoms with Gasteiger partial charge in [-0.1, -0.05) is 48.0 Å². The summed E-state index contributed by atoms with van der Waals surface area (Å²) in [6, 6.07) is 16.1. The number of methoxy groups -OCH3 is 1. The fraction of sp³-hybridized carbons (Fsp3) is 0.278. The topological polar surface area (TPSA) is 63.7 Å². The molecule has 0 heterocycles. The Morgan fingerprint density at radius 3 is 2.25 bits per heavy atom. The zero-order valence-electron chi connectivity index (χ0n) is 13.8. The molecule has 6 heteroatoms. The van der Waals surface area contributed by atoms with Crippen LogP contribution < -0.4 is 0 Å². The number of rotatable bonds is 6. The van der Waals surface area contributed by atoms with Crippen molar-refractivity contribution in [2.45, 2.75) is 18.4 Å². The lowest BCUT2D eigenvalue weighted by atomic mass is 10.2. The molecule has 2 aromatic carbocycles. The van der Waals surface area contributed by atoms with Gasteiger partial charge in [0, 0.05) is 13.1 Å². The Hall–Kier alpha value is -2.34. The summed E-state index contributed by atoms with van der Waals surface area (Å²) in [5.41, 5.74) is 1.91. The molecule has 2 aromatic rings. The highest BCUT2D eigenvalue weighted by molar-refractivity contribution is 7.91. The van der Waals surface area contributed by atoms with Crippen molar-refractivity contribution in [3.05, 3.63) is 65.7 Å². The monoisotopic (exact) mass is 347 g/mol. The molecule has 0 fully saturated rings. The number of carbonyl (C=O) groups is 1. The van der Waals surface area contributed by atoms with Crippen LogP contribution in [0.3, 0.4) is 0 Å². The average molecular weight is 347 g/mol. The molecule has 0 bridgehead atoms. The normalized spacial score (nSPS) is 11.1. The summed E-state index contributed by atoms with van der Waals surface area (Å²) in [6.07, 6.45) is -0.544. The highest BCUT2D eigenvalue weighted by atomic mass is 32.2. The quantitative estimate of drug-likeness (QED) is 0.806. The van der Waals surface area contributed by atoms with E-state index < -0.39 is 15.9 Å². The predicted octanol–water partition coefficient (Wildman–Crippen LogP) is 3.04. The highest BCUT2D eigenvalue weighted by Crippen LogP contribution is 2.13. The SMILES string of the molecule is COC(=O)N(CCS(=O)(=O)c1ccc(C)cc1)Cc1ccccc1. The molecule has 24 heavy (non-hydrogen) atoms. The van der Waals surface area contributed by atoms with Crippen LogP contribution in [0, 0.1) is 6.92 Å². The van der Waals surface area contributed by atoms with Gasteiger partial charge in [-0.05, 0) is 24.6 Å². The minimum atomic E-state index is -3.46. The maximum atomic E-state index is 12.4. The molecule has 0 atom stereocenters. The number of ether oxygens (including phenoxy) is 1. The lowest BCUT2D eigenvalue weighted by Crippen LogP contribution is -2.34. The molecule has 0 unspecified atom stereocenters. The minimum Gasteiger partial charge on any atom is -0.453 e. The molecule has 2 rings (SSSR count). The average Bonchev–Trinajstić information content (AvgIpc) is 2.59. The minimum absolute atomic E-state index is 0.0672. The van der Waals surface area contributed by atoms with Gasteiger partial charge in [-0.3, -0.25) is 0 Å². The summed E-state index contributed by atoms with van der Waals surface area (Å²) in [4.78, 5) is 13.6. The van der Waals surface area contributed by atoms with Crippen molar-refractivity contribution in [3.63, 3.8) is 0 Å². The van der Waals surface area contributed by atoms with Gasteiger partial charge in [0.15, 0.2) is 9.84 Å². The molecular weight excluding hydrogens is 326 g/mol. The molecule has 0 aromatic heterocycles.